The van der Waals surface area contributed by atoms with Crippen LogP contribution in [0.15, 0.2) is 36.8 Å². The van der Waals surface area contributed by atoms with Crippen molar-refractivity contribution in [1.82, 2.24) is 14.5 Å². The Bertz CT molecular complexity index is 585. The van der Waals surface area contributed by atoms with Gasteiger partial charge in [-0.05, 0) is 43.5 Å². The van der Waals surface area contributed by atoms with Crippen LogP contribution in [-0.4, -0.2) is 34.7 Å². The summed E-state index contributed by atoms with van der Waals surface area (Å²) in [5, 5.41) is 0. The monoisotopic (exact) mass is 285 g/mol. The fourth-order valence-electron chi connectivity index (χ4n) is 3.17. The number of methoxy groups -OCH3 is 1. The van der Waals surface area contributed by atoms with E-state index in [1.807, 2.05) is 18.6 Å². The summed E-state index contributed by atoms with van der Waals surface area (Å²) in [5.41, 5.74) is 2.64. The number of hydrogen-bond acceptors (Lipinski definition) is 3. The molecule has 0 radical (unpaired) electrons. The van der Waals surface area contributed by atoms with Gasteiger partial charge in [0.15, 0.2) is 0 Å². The molecular weight excluding hydrogens is 262 g/mol. The Morgan fingerprint density at radius 3 is 2.67 bits per heavy atom. The molecule has 0 amide bonds. The molecule has 3 rings (SSSR count). The SMILES string of the molecule is COc1ccccc1C1CCN(Cc2cncn2C)CC1. The van der Waals surface area contributed by atoms with E-state index in [4.69, 9.17) is 4.74 Å². The molecule has 2 heterocycles. The number of ether oxygens (including phenoxy) is 1. The van der Waals surface area contributed by atoms with Gasteiger partial charge < -0.3 is 9.30 Å². The maximum Gasteiger partial charge on any atom is 0.122 e. The first-order valence-electron chi connectivity index (χ1n) is 7.58. The molecule has 112 valence electrons. The number of rotatable bonds is 4. The highest BCUT2D eigenvalue weighted by atomic mass is 16.5. The van der Waals surface area contributed by atoms with Crippen molar-refractivity contribution in [1.29, 1.82) is 0 Å². The maximum absolute atomic E-state index is 5.50. The number of nitrogens with zero attached hydrogens (tertiary/aromatic N) is 3. The van der Waals surface area contributed by atoms with E-state index in [0.29, 0.717) is 5.92 Å². The van der Waals surface area contributed by atoms with Gasteiger partial charge in [0.25, 0.3) is 0 Å². The van der Waals surface area contributed by atoms with Gasteiger partial charge >= 0.3 is 0 Å². The van der Waals surface area contributed by atoms with Gasteiger partial charge in [-0.1, -0.05) is 18.2 Å². The highest BCUT2D eigenvalue weighted by Crippen LogP contribution is 2.34. The van der Waals surface area contributed by atoms with E-state index in [0.717, 1.165) is 25.4 Å². The van der Waals surface area contributed by atoms with Gasteiger partial charge in [0.2, 0.25) is 0 Å². The first kappa shape index (κ1) is 14.1. The highest BCUT2D eigenvalue weighted by Gasteiger charge is 2.23. The molecule has 2 aromatic rings. The van der Waals surface area contributed by atoms with E-state index in [9.17, 15) is 0 Å². The average Bonchev–Trinajstić information content (AvgIpc) is 2.93. The van der Waals surface area contributed by atoms with E-state index >= 15 is 0 Å². The fraction of sp³-hybridized carbons (Fsp3) is 0.471. The molecule has 1 aromatic carbocycles. The van der Waals surface area contributed by atoms with Gasteiger partial charge in [0.05, 0.1) is 19.1 Å². The molecule has 0 spiro atoms. The molecule has 1 aliphatic rings. The number of piperidine rings is 1. The molecule has 4 nitrogen and oxygen atoms in total. The Balaban J connectivity index is 1.61. The van der Waals surface area contributed by atoms with Gasteiger partial charge in [-0.3, -0.25) is 4.90 Å². The second kappa shape index (κ2) is 6.31. The van der Waals surface area contributed by atoms with E-state index in [1.54, 1.807) is 7.11 Å². The van der Waals surface area contributed by atoms with Crippen molar-refractivity contribution in [2.45, 2.75) is 25.3 Å². The lowest BCUT2D eigenvalue weighted by atomic mass is 9.89. The zero-order valence-corrected chi connectivity index (χ0v) is 12.8. The summed E-state index contributed by atoms with van der Waals surface area (Å²) in [4.78, 5) is 6.71. The smallest absolute Gasteiger partial charge is 0.122 e. The van der Waals surface area contributed by atoms with Crippen molar-refractivity contribution in [2.24, 2.45) is 7.05 Å². The Hall–Kier alpha value is -1.81. The zero-order valence-electron chi connectivity index (χ0n) is 12.8. The summed E-state index contributed by atoms with van der Waals surface area (Å²) in [5.74, 6) is 1.64. The molecule has 1 fully saturated rings. The van der Waals surface area contributed by atoms with Crippen molar-refractivity contribution < 1.29 is 4.74 Å². The number of imidazole rings is 1. The summed E-state index contributed by atoms with van der Waals surface area (Å²) in [6.45, 7) is 3.26. The van der Waals surface area contributed by atoms with E-state index in [2.05, 4.69) is 39.7 Å². The minimum atomic E-state index is 0.615. The fourth-order valence-corrected chi connectivity index (χ4v) is 3.17. The lowest BCUT2D eigenvalue weighted by molar-refractivity contribution is 0.199. The lowest BCUT2D eigenvalue weighted by Gasteiger charge is -2.32. The third-order valence-electron chi connectivity index (χ3n) is 4.47. The second-order valence-electron chi connectivity index (χ2n) is 5.79. The minimum absolute atomic E-state index is 0.615. The van der Waals surface area contributed by atoms with Crippen LogP contribution < -0.4 is 4.74 Å². The van der Waals surface area contributed by atoms with Crippen LogP contribution in [0, 0.1) is 0 Å². The van der Waals surface area contributed by atoms with Crippen LogP contribution in [0.1, 0.15) is 30.0 Å². The van der Waals surface area contributed by atoms with Crippen molar-refractivity contribution in [3.05, 3.63) is 48.0 Å². The molecule has 0 aliphatic carbocycles. The zero-order chi connectivity index (χ0) is 14.7. The van der Waals surface area contributed by atoms with Crippen LogP contribution in [0.4, 0.5) is 0 Å². The van der Waals surface area contributed by atoms with Gasteiger partial charge in [-0.25, -0.2) is 4.98 Å². The molecule has 0 N–H and O–H groups in total. The van der Waals surface area contributed by atoms with Crippen molar-refractivity contribution in [3.63, 3.8) is 0 Å². The van der Waals surface area contributed by atoms with Crippen LogP contribution in [0.2, 0.25) is 0 Å². The largest absolute Gasteiger partial charge is 0.496 e. The molecule has 1 aromatic heterocycles. The predicted molar refractivity (Wildman–Crippen MR) is 83.5 cm³/mol. The average molecular weight is 285 g/mol. The van der Waals surface area contributed by atoms with Crippen molar-refractivity contribution in [2.75, 3.05) is 20.2 Å². The summed E-state index contributed by atoms with van der Waals surface area (Å²) in [6, 6.07) is 8.43. The lowest BCUT2D eigenvalue weighted by Crippen LogP contribution is -2.33. The number of para-hydroxylation sites is 1. The molecule has 0 bridgehead atoms. The number of aryl methyl sites for hydroxylation is 1. The third kappa shape index (κ3) is 3.10. The molecule has 0 unspecified atom stereocenters. The van der Waals surface area contributed by atoms with Crippen molar-refractivity contribution >= 4 is 0 Å². The number of hydrogen-bond donors (Lipinski definition) is 0. The molecular formula is C17H23N3O. The number of aromatic nitrogens is 2. The van der Waals surface area contributed by atoms with Crippen LogP contribution in [0.5, 0.6) is 5.75 Å². The Kier molecular flexibility index (Phi) is 4.25. The Morgan fingerprint density at radius 2 is 2.00 bits per heavy atom. The first-order chi connectivity index (χ1) is 10.3. The van der Waals surface area contributed by atoms with Crippen LogP contribution in [-0.2, 0) is 13.6 Å². The van der Waals surface area contributed by atoms with Crippen LogP contribution in [0.25, 0.3) is 0 Å². The summed E-state index contributed by atoms with van der Waals surface area (Å²) >= 11 is 0. The van der Waals surface area contributed by atoms with E-state index < -0.39 is 0 Å². The normalized spacial score (nSPS) is 17.0. The van der Waals surface area contributed by atoms with E-state index in [-0.39, 0.29) is 0 Å². The van der Waals surface area contributed by atoms with Gasteiger partial charge in [-0.2, -0.15) is 0 Å². The molecule has 1 saturated heterocycles. The topological polar surface area (TPSA) is 30.3 Å². The first-order valence-corrected chi connectivity index (χ1v) is 7.58. The summed E-state index contributed by atoms with van der Waals surface area (Å²) in [6.07, 6.45) is 6.22. The number of likely N-dealkylation sites (tertiary alicyclic amines) is 1. The highest BCUT2D eigenvalue weighted by molar-refractivity contribution is 5.36. The second-order valence-corrected chi connectivity index (χ2v) is 5.79. The van der Waals surface area contributed by atoms with Gasteiger partial charge in [0.1, 0.15) is 5.75 Å². The predicted octanol–water partition coefficient (Wildman–Crippen LogP) is 2.81. The Labute approximate surface area is 126 Å². The van der Waals surface area contributed by atoms with Crippen LogP contribution >= 0.6 is 0 Å². The quantitative estimate of drug-likeness (QED) is 0.865. The van der Waals surface area contributed by atoms with Gasteiger partial charge in [-0.15, -0.1) is 0 Å². The Morgan fingerprint density at radius 1 is 1.24 bits per heavy atom. The van der Waals surface area contributed by atoms with Crippen LogP contribution in [0.3, 0.4) is 0 Å². The van der Waals surface area contributed by atoms with E-state index in [1.165, 1.54) is 24.1 Å². The summed E-state index contributed by atoms with van der Waals surface area (Å²) < 4.78 is 7.60. The number of benzene rings is 1. The molecule has 21 heavy (non-hydrogen) atoms. The molecule has 0 atom stereocenters. The minimum Gasteiger partial charge on any atom is -0.496 e. The standard InChI is InChI=1S/C17H23N3O/c1-19-13-18-11-15(19)12-20-9-7-14(8-10-20)16-5-3-4-6-17(16)21-2/h3-6,11,13-14H,7-10,12H2,1-2H3. The molecule has 0 saturated carbocycles. The van der Waals surface area contributed by atoms with Gasteiger partial charge in [0, 0.05) is 19.8 Å². The maximum atomic E-state index is 5.50. The van der Waals surface area contributed by atoms with Crippen molar-refractivity contribution in [3.8, 4) is 5.75 Å². The summed E-state index contributed by atoms with van der Waals surface area (Å²) in [7, 11) is 3.82. The third-order valence-corrected chi connectivity index (χ3v) is 4.47. The molecule has 4 heteroatoms. The molecule has 1 aliphatic heterocycles.